The fraction of sp³-hybridized carbons (Fsp3) is 0.214. The number of Topliss-reactive ketones (excluding diaryl/α,β-unsaturated/α-hetero) is 1. The Labute approximate surface area is 124 Å². The molecule has 3 nitrogen and oxygen atoms in total. The van der Waals surface area contributed by atoms with Gasteiger partial charge in [-0.1, -0.05) is 18.2 Å². The van der Waals surface area contributed by atoms with E-state index in [0.717, 1.165) is 9.35 Å². The van der Waals surface area contributed by atoms with Crippen LogP contribution < -0.4 is 4.74 Å². The van der Waals surface area contributed by atoms with Gasteiger partial charge in [0.25, 0.3) is 0 Å². The Balaban J connectivity index is 2.00. The summed E-state index contributed by atoms with van der Waals surface area (Å²) in [6.07, 6.45) is 0.523. The van der Waals surface area contributed by atoms with Crippen LogP contribution in [-0.4, -0.2) is 24.1 Å². The van der Waals surface area contributed by atoms with Crippen molar-refractivity contribution >= 4 is 33.0 Å². The number of hydrogen-bond acceptors (Lipinski definition) is 4. The molecule has 0 radical (unpaired) electrons. The number of thiophene rings is 1. The maximum absolute atomic E-state index is 11.9. The summed E-state index contributed by atoms with van der Waals surface area (Å²) in [4.78, 5) is 12.6. The molecule has 0 aliphatic carbocycles. The monoisotopic (exact) mass is 340 g/mol. The van der Waals surface area contributed by atoms with Crippen LogP contribution >= 0.6 is 27.3 Å². The van der Waals surface area contributed by atoms with E-state index in [-0.39, 0.29) is 19.0 Å². The summed E-state index contributed by atoms with van der Waals surface area (Å²) >= 11 is 4.72. The average Bonchev–Trinajstić information content (AvgIpc) is 2.84. The highest BCUT2D eigenvalue weighted by atomic mass is 79.9. The van der Waals surface area contributed by atoms with Crippen LogP contribution in [0.5, 0.6) is 5.75 Å². The summed E-state index contributed by atoms with van der Waals surface area (Å²) in [7, 11) is 0. The lowest BCUT2D eigenvalue weighted by molar-refractivity contribution is 0.0925. The van der Waals surface area contributed by atoms with Gasteiger partial charge < -0.3 is 9.84 Å². The van der Waals surface area contributed by atoms with Crippen molar-refractivity contribution in [2.75, 3.05) is 13.2 Å². The summed E-state index contributed by atoms with van der Waals surface area (Å²) in [5.74, 6) is 0.607. The Hall–Kier alpha value is -1.17. The summed E-state index contributed by atoms with van der Waals surface area (Å²) in [5.41, 5.74) is 0.908. The Morgan fingerprint density at radius 2 is 2.05 bits per heavy atom. The molecule has 0 bridgehead atoms. The van der Waals surface area contributed by atoms with Crippen molar-refractivity contribution < 1.29 is 14.6 Å². The number of carbonyl (C=O) groups is 1. The number of para-hydroxylation sites is 1. The molecule has 0 atom stereocenters. The van der Waals surface area contributed by atoms with Crippen LogP contribution in [-0.2, 0) is 6.42 Å². The smallest absolute Gasteiger partial charge is 0.210 e. The van der Waals surface area contributed by atoms with Crippen LogP contribution in [0.3, 0.4) is 0 Å². The van der Waals surface area contributed by atoms with Crippen molar-refractivity contribution in [3.63, 3.8) is 0 Å². The largest absolute Gasteiger partial charge is 0.485 e. The van der Waals surface area contributed by atoms with Gasteiger partial charge in [0, 0.05) is 6.61 Å². The van der Waals surface area contributed by atoms with E-state index < -0.39 is 0 Å². The van der Waals surface area contributed by atoms with Gasteiger partial charge in [-0.3, -0.25) is 4.79 Å². The van der Waals surface area contributed by atoms with Gasteiger partial charge in [-0.05, 0) is 46.1 Å². The molecule has 0 aliphatic rings. The summed E-state index contributed by atoms with van der Waals surface area (Å²) in [6.45, 7) is 0.0710. The molecule has 0 saturated carbocycles. The second-order valence-electron chi connectivity index (χ2n) is 3.90. The molecule has 0 unspecified atom stereocenters. The predicted molar refractivity (Wildman–Crippen MR) is 79.1 cm³/mol. The number of halogens is 1. The fourth-order valence-corrected chi connectivity index (χ4v) is 2.96. The first-order chi connectivity index (χ1) is 9.20. The number of ether oxygens (including phenoxy) is 1. The second kappa shape index (κ2) is 6.84. The third kappa shape index (κ3) is 3.89. The second-order valence-corrected chi connectivity index (χ2v) is 6.36. The van der Waals surface area contributed by atoms with Crippen LogP contribution in [0.25, 0.3) is 0 Å². The maximum Gasteiger partial charge on any atom is 0.210 e. The standard InChI is InChI=1S/C14H13BrO3S/c15-14-6-5-13(19-14)11(17)9-18-12-4-2-1-3-10(12)7-8-16/h1-6,16H,7-9H2. The van der Waals surface area contributed by atoms with Crippen LogP contribution in [0, 0.1) is 0 Å². The summed E-state index contributed by atoms with van der Waals surface area (Å²) < 4.78 is 6.47. The average molecular weight is 341 g/mol. The summed E-state index contributed by atoms with van der Waals surface area (Å²) in [5, 5.41) is 8.98. The van der Waals surface area contributed by atoms with E-state index in [1.807, 2.05) is 30.3 Å². The molecular formula is C14H13BrO3S. The molecule has 2 rings (SSSR count). The van der Waals surface area contributed by atoms with E-state index in [1.54, 1.807) is 6.07 Å². The third-order valence-corrected chi connectivity index (χ3v) is 4.23. The zero-order valence-corrected chi connectivity index (χ0v) is 12.5. The molecule has 0 fully saturated rings. The molecule has 19 heavy (non-hydrogen) atoms. The van der Waals surface area contributed by atoms with E-state index in [4.69, 9.17) is 9.84 Å². The van der Waals surface area contributed by atoms with Gasteiger partial charge in [0.05, 0.1) is 8.66 Å². The van der Waals surface area contributed by atoms with Crippen LogP contribution in [0.2, 0.25) is 0 Å². The Morgan fingerprint density at radius 3 is 2.74 bits per heavy atom. The van der Waals surface area contributed by atoms with E-state index in [0.29, 0.717) is 17.0 Å². The molecule has 2 aromatic rings. The first kappa shape index (κ1) is 14.2. The minimum absolute atomic E-state index is 0.00932. The lowest BCUT2D eigenvalue weighted by atomic mass is 10.1. The first-order valence-corrected chi connectivity index (χ1v) is 7.42. The number of ketones is 1. The van der Waals surface area contributed by atoms with Crippen LogP contribution in [0.1, 0.15) is 15.2 Å². The van der Waals surface area contributed by atoms with Gasteiger partial charge in [-0.15, -0.1) is 11.3 Å². The van der Waals surface area contributed by atoms with Crippen LogP contribution in [0.15, 0.2) is 40.2 Å². The lowest BCUT2D eigenvalue weighted by Crippen LogP contribution is -2.11. The molecule has 1 aromatic heterocycles. The molecular weight excluding hydrogens is 328 g/mol. The number of hydrogen-bond donors (Lipinski definition) is 1. The maximum atomic E-state index is 11.9. The van der Waals surface area contributed by atoms with Crippen molar-refractivity contribution in [3.05, 3.63) is 50.6 Å². The van der Waals surface area contributed by atoms with Gasteiger partial charge in [-0.2, -0.15) is 0 Å². The molecule has 100 valence electrons. The van der Waals surface area contributed by atoms with Crippen molar-refractivity contribution in [2.24, 2.45) is 0 Å². The zero-order chi connectivity index (χ0) is 13.7. The normalized spacial score (nSPS) is 10.4. The number of rotatable bonds is 6. The van der Waals surface area contributed by atoms with Gasteiger partial charge in [-0.25, -0.2) is 0 Å². The fourth-order valence-electron chi connectivity index (χ4n) is 1.65. The van der Waals surface area contributed by atoms with Crippen molar-refractivity contribution in [2.45, 2.75) is 6.42 Å². The molecule has 5 heteroatoms. The lowest BCUT2D eigenvalue weighted by Gasteiger charge is -2.09. The summed E-state index contributed by atoms with van der Waals surface area (Å²) in [6, 6.07) is 11.1. The molecule has 0 spiro atoms. The van der Waals surface area contributed by atoms with Crippen LogP contribution in [0.4, 0.5) is 0 Å². The highest BCUT2D eigenvalue weighted by Gasteiger charge is 2.10. The predicted octanol–water partition coefficient (Wildman–Crippen LogP) is 3.31. The number of aliphatic hydroxyl groups is 1. The molecule has 1 N–H and O–H groups in total. The number of aliphatic hydroxyl groups excluding tert-OH is 1. The van der Waals surface area contributed by atoms with E-state index in [9.17, 15) is 4.79 Å². The number of carbonyl (C=O) groups excluding carboxylic acids is 1. The topological polar surface area (TPSA) is 46.5 Å². The first-order valence-electron chi connectivity index (χ1n) is 5.81. The molecule has 1 aromatic carbocycles. The zero-order valence-electron chi connectivity index (χ0n) is 10.1. The quantitative estimate of drug-likeness (QED) is 0.820. The number of benzene rings is 1. The Kier molecular flexibility index (Phi) is 5.13. The molecule has 1 heterocycles. The van der Waals surface area contributed by atoms with E-state index in [1.165, 1.54) is 11.3 Å². The molecule has 0 aliphatic heterocycles. The SMILES string of the molecule is O=C(COc1ccccc1CCO)c1ccc(Br)s1. The van der Waals surface area contributed by atoms with Crippen molar-refractivity contribution in [1.29, 1.82) is 0 Å². The minimum Gasteiger partial charge on any atom is -0.485 e. The third-order valence-electron chi connectivity index (χ3n) is 2.56. The van der Waals surface area contributed by atoms with Gasteiger partial charge in [0.2, 0.25) is 5.78 Å². The highest BCUT2D eigenvalue weighted by molar-refractivity contribution is 9.11. The van der Waals surface area contributed by atoms with Gasteiger partial charge in [0.1, 0.15) is 5.75 Å². The molecule has 0 amide bonds. The van der Waals surface area contributed by atoms with Gasteiger partial charge in [0.15, 0.2) is 6.61 Å². The van der Waals surface area contributed by atoms with Gasteiger partial charge >= 0.3 is 0 Å². The Morgan fingerprint density at radius 1 is 1.26 bits per heavy atom. The van der Waals surface area contributed by atoms with Crippen molar-refractivity contribution in [3.8, 4) is 5.75 Å². The minimum atomic E-state index is -0.0468. The Bertz CT molecular complexity index is 565. The van der Waals surface area contributed by atoms with E-state index in [2.05, 4.69) is 15.9 Å². The highest BCUT2D eigenvalue weighted by Crippen LogP contribution is 2.23. The van der Waals surface area contributed by atoms with E-state index >= 15 is 0 Å². The van der Waals surface area contributed by atoms with Crippen molar-refractivity contribution in [1.82, 2.24) is 0 Å². The molecule has 0 saturated heterocycles.